The number of rotatable bonds is 1. The molecule has 1 unspecified atom stereocenters. The highest BCUT2D eigenvalue weighted by Gasteiger charge is 2.39. The molecule has 0 saturated carbocycles. The summed E-state index contributed by atoms with van der Waals surface area (Å²) < 4.78 is 5.49. The topological polar surface area (TPSA) is 32.7 Å². The van der Waals surface area contributed by atoms with E-state index in [-0.39, 0.29) is 17.9 Å². The van der Waals surface area contributed by atoms with E-state index in [0.29, 0.717) is 6.61 Å². The van der Waals surface area contributed by atoms with Gasteiger partial charge in [0, 0.05) is 0 Å². The van der Waals surface area contributed by atoms with E-state index in [2.05, 4.69) is 4.90 Å². The van der Waals surface area contributed by atoms with Crippen molar-refractivity contribution in [1.29, 1.82) is 0 Å². The molecule has 1 heterocycles. The van der Waals surface area contributed by atoms with Crippen LogP contribution in [-0.4, -0.2) is 41.5 Å². The smallest absolute Gasteiger partial charge is 0.116 e. The molecule has 1 fully saturated rings. The van der Waals surface area contributed by atoms with Crippen LogP contribution in [0.15, 0.2) is 0 Å². The molecular formula is C8H17NO2. The second-order valence-corrected chi connectivity index (χ2v) is 3.68. The van der Waals surface area contributed by atoms with Crippen molar-refractivity contribution in [3.05, 3.63) is 0 Å². The van der Waals surface area contributed by atoms with E-state index in [9.17, 15) is 5.11 Å². The molecule has 0 radical (unpaired) electrons. The summed E-state index contributed by atoms with van der Waals surface area (Å²) in [6.45, 7) is 6.44. The van der Waals surface area contributed by atoms with Crippen molar-refractivity contribution < 1.29 is 9.84 Å². The van der Waals surface area contributed by atoms with Crippen LogP contribution in [0.5, 0.6) is 0 Å². The minimum absolute atomic E-state index is 0.144. The summed E-state index contributed by atoms with van der Waals surface area (Å²) >= 11 is 0. The quantitative estimate of drug-likeness (QED) is 0.602. The molecule has 0 bridgehead atoms. The van der Waals surface area contributed by atoms with E-state index in [1.54, 1.807) is 6.92 Å². The van der Waals surface area contributed by atoms with Crippen LogP contribution in [0.3, 0.4) is 0 Å². The van der Waals surface area contributed by atoms with Gasteiger partial charge in [0.25, 0.3) is 0 Å². The van der Waals surface area contributed by atoms with Crippen molar-refractivity contribution in [3.8, 4) is 0 Å². The van der Waals surface area contributed by atoms with Crippen molar-refractivity contribution in [2.24, 2.45) is 0 Å². The van der Waals surface area contributed by atoms with Crippen LogP contribution in [0.2, 0.25) is 0 Å². The molecule has 2 atom stereocenters. The molecule has 0 aromatic heterocycles. The Bertz CT molecular complexity index is 145. The van der Waals surface area contributed by atoms with Crippen LogP contribution in [0.4, 0.5) is 0 Å². The van der Waals surface area contributed by atoms with Gasteiger partial charge in [-0.05, 0) is 27.8 Å². The highest BCUT2D eigenvalue weighted by atomic mass is 16.5. The highest BCUT2D eigenvalue weighted by Crippen LogP contribution is 2.26. The van der Waals surface area contributed by atoms with E-state index in [1.807, 2.05) is 20.9 Å². The lowest BCUT2D eigenvalue weighted by Gasteiger charge is -2.30. The largest absolute Gasteiger partial charge is 0.392 e. The zero-order valence-corrected chi connectivity index (χ0v) is 7.66. The third kappa shape index (κ3) is 1.55. The van der Waals surface area contributed by atoms with E-state index in [4.69, 9.17) is 4.74 Å². The first-order valence-electron chi connectivity index (χ1n) is 4.00. The van der Waals surface area contributed by atoms with Gasteiger partial charge in [-0.2, -0.15) is 0 Å². The van der Waals surface area contributed by atoms with Gasteiger partial charge in [0.05, 0.1) is 18.8 Å². The minimum atomic E-state index is -0.318. The van der Waals surface area contributed by atoms with E-state index in [0.717, 1.165) is 0 Å². The van der Waals surface area contributed by atoms with Gasteiger partial charge in [-0.25, -0.2) is 0 Å². The van der Waals surface area contributed by atoms with Gasteiger partial charge in [-0.3, -0.25) is 4.90 Å². The van der Waals surface area contributed by atoms with Crippen LogP contribution in [-0.2, 0) is 4.74 Å². The predicted octanol–water partition coefficient (Wildman–Crippen LogP) is 0.434. The van der Waals surface area contributed by atoms with Crippen molar-refractivity contribution >= 4 is 0 Å². The van der Waals surface area contributed by atoms with Crippen molar-refractivity contribution in [3.63, 3.8) is 0 Å². The Morgan fingerprint density at radius 2 is 2.18 bits per heavy atom. The molecule has 0 spiro atoms. The van der Waals surface area contributed by atoms with Crippen molar-refractivity contribution in [2.45, 2.75) is 38.6 Å². The maximum Gasteiger partial charge on any atom is 0.116 e. The summed E-state index contributed by atoms with van der Waals surface area (Å²) in [7, 11) is 1.98. The van der Waals surface area contributed by atoms with Crippen LogP contribution < -0.4 is 0 Å². The van der Waals surface area contributed by atoms with E-state index >= 15 is 0 Å². The fraction of sp³-hybridized carbons (Fsp3) is 1.00. The lowest BCUT2D eigenvalue weighted by molar-refractivity contribution is -0.0453. The Hall–Kier alpha value is -0.120. The number of aliphatic hydroxyl groups is 1. The van der Waals surface area contributed by atoms with E-state index < -0.39 is 0 Å². The fourth-order valence-corrected chi connectivity index (χ4v) is 1.37. The SMILES string of the molecule is C[C@@H](O)C1COC(C)(C)N1C. The molecular weight excluding hydrogens is 142 g/mol. The Labute approximate surface area is 68.0 Å². The van der Waals surface area contributed by atoms with Crippen LogP contribution in [0.1, 0.15) is 20.8 Å². The summed E-state index contributed by atoms with van der Waals surface area (Å²) in [5, 5.41) is 9.33. The Balaban J connectivity index is 2.63. The number of hydrogen-bond acceptors (Lipinski definition) is 3. The first-order chi connectivity index (χ1) is 4.95. The molecule has 3 nitrogen and oxygen atoms in total. The number of aliphatic hydroxyl groups excluding tert-OH is 1. The van der Waals surface area contributed by atoms with E-state index in [1.165, 1.54) is 0 Å². The van der Waals surface area contributed by atoms with Gasteiger partial charge in [-0.1, -0.05) is 0 Å². The van der Waals surface area contributed by atoms with Gasteiger partial charge in [0.1, 0.15) is 5.72 Å². The molecule has 0 aromatic carbocycles. The second-order valence-electron chi connectivity index (χ2n) is 3.68. The van der Waals surface area contributed by atoms with Crippen LogP contribution in [0, 0.1) is 0 Å². The van der Waals surface area contributed by atoms with Gasteiger partial charge in [-0.15, -0.1) is 0 Å². The molecule has 11 heavy (non-hydrogen) atoms. The Kier molecular flexibility index (Phi) is 2.23. The minimum Gasteiger partial charge on any atom is -0.392 e. The van der Waals surface area contributed by atoms with Crippen molar-refractivity contribution in [2.75, 3.05) is 13.7 Å². The molecule has 3 heteroatoms. The third-order valence-corrected chi connectivity index (χ3v) is 2.51. The number of hydrogen-bond donors (Lipinski definition) is 1. The van der Waals surface area contributed by atoms with Gasteiger partial charge in [0.2, 0.25) is 0 Å². The molecule has 0 amide bonds. The monoisotopic (exact) mass is 159 g/mol. The molecule has 1 N–H and O–H groups in total. The number of ether oxygens (including phenoxy) is 1. The highest BCUT2D eigenvalue weighted by molar-refractivity contribution is 4.86. The molecule has 1 aliphatic heterocycles. The first kappa shape index (κ1) is 8.97. The van der Waals surface area contributed by atoms with Crippen LogP contribution >= 0.6 is 0 Å². The summed E-state index contributed by atoms with van der Waals surface area (Å²) in [5.74, 6) is 0. The average molecular weight is 159 g/mol. The number of likely N-dealkylation sites (N-methyl/N-ethyl adjacent to an activating group) is 1. The molecule has 0 aliphatic carbocycles. The zero-order chi connectivity index (χ0) is 8.65. The average Bonchev–Trinajstić information content (AvgIpc) is 2.09. The molecule has 1 aliphatic rings. The van der Waals surface area contributed by atoms with Gasteiger partial charge in [0.15, 0.2) is 0 Å². The summed E-state index contributed by atoms with van der Waals surface area (Å²) in [6.07, 6.45) is -0.318. The zero-order valence-electron chi connectivity index (χ0n) is 7.66. The first-order valence-corrected chi connectivity index (χ1v) is 4.00. The predicted molar refractivity (Wildman–Crippen MR) is 43.3 cm³/mol. The van der Waals surface area contributed by atoms with Gasteiger partial charge >= 0.3 is 0 Å². The lowest BCUT2D eigenvalue weighted by Crippen LogP contribution is -2.44. The molecule has 1 rings (SSSR count). The second kappa shape index (κ2) is 2.73. The third-order valence-electron chi connectivity index (χ3n) is 2.51. The van der Waals surface area contributed by atoms with Gasteiger partial charge < -0.3 is 9.84 Å². The lowest BCUT2D eigenvalue weighted by atomic mass is 10.1. The number of nitrogens with zero attached hydrogens (tertiary/aromatic N) is 1. The van der Waals surface area contributed by atoms with Crippen LogP contribution in [0.25, 0.3) is 0 Å². The maximum absolute atomic E-state index is 9.33. The van der Waals surface area contributed by atoms with Crippen molar-refractivity contribution in [1.82, 2.24) is 4.90 Å². The molecule has 66 valence electrons. The molecule has 0 aromatic rings. The maximum atomic E-state index is 9.33. The Morgan fingerprint density at radius 1 is 1.64 bits per heavy atom. The summed E-state index contributed by atoms with van der Waals surface area (Å²) in [5.41, 5.74) is -0.221. The summed E-state index contributed by atoms with van der Waals surface area (Å²) in [6, 6.07) is 0.144. The fourth-order valence-electron chi connectivity index (χ4n) is 1.37. The standard InChI is InChI=1S/C8H17NO2/c1-6(10)7-5-11-8(2,3)9(7)4/h6-7,10H,5H2,1-4H3/t6-,7?/m1/s1. The molecule has 1 saturated heterocycles. The Morgan fingerprint density at radius 3 is 2.36 bits per heavy atom. The summed E-state index contributed by atoms with van der Waals surface area (Å²) in [4.78, 5) is 2.07. The normalized spacial score (nSPS) is 34.1.